The Balaban J connectivity index is 2.04. The van der Waals surface area contributed by atoms with Gasteiger partial charge in [0.05, 0.1) is 10.9 Å². The van der Waals surface area contributed by atoms with Crippen LogP contribution in [0.15, 0.2) is 35.7 Å². The monoisotopic (exact) mass is 293 g/mol. The van der Waals surface area contributed by atoms with Crippen LogP contribution in [0.4, 0.5) is 4.39 Å². The van der Waals surface area contributed by atoms with Gasteiger partial charge in [0.1, 0.15) is 5.82 Å². The van der Waals surface area contributed by atoms with Crippen molar-refractivity contribution in [3.63, 3.8) is 0 Å². The number of nitrogens with one attached hydrogen (secondary N) is 1. The summed E-state index contributed by atoms with van der Waals surface area (Å²) in [6.45, 7) is 1.79. The molecule has 2 rings (SSSR count). The number of hydrogen-bond donors (Lipinski definition) is 3. The van der Waals surface area contributed by atoms with Crippen molar-refractivity contribution in [1.29, 1.82) is 0 Å². The Labute approximate surface area is 120 Å². The molecule has 0 aliphatic heterocycles. The molecule has 1 amide bonds. The molecule has 1 aromatic heterocycles. The molecule has 20 heavy (non-hydrogen) atoms. The summed E-state index contributed by atoms with van der Waals surface area (Å²) in [6, 6.07) is 7.05. The van der Waals surface area contributed by atoms with Crippen molar-refractivity contribution < 1.29 is 19.2 Å². The molecular weight excluding hydrogens is 280 g/mol. The van der Waals surface area contributed by atoms with Crippen LogP contribution < -0.4 is 10.8 Å². The largest absolute Gasteiger partial charge is 0.489 e. The Kier molecular flexibility index (Phi) is 4.54. The number of thiophene rings is 1. The molecule has 1 atom stereocenters. The third-order valence-electron chi connectivity index (χ3n) is 2.86. The highest BCUT2D eigenvalue weighted by molar-refractivity contribution is 7.13. The second kappa shape index (κ2) is 6.17. The maximum absolute atomic E-state index is 12.8. The number of rotatable bonds is 4. The van der Waals surface area contributed by atoms with Gasteiger partial charge in [0.25, 0.3) is 5.91 Å². The van der Waals surface area contributed by atoms with Crippen molar-refractivity contribution in [1.82, 2.24) is 5.32 Å². The van der Waals surface area contributed by atoms with Crippen LogP contribution in [0.3, 0.4) is 0 Å². The lowest BCUT2D eigenvalue weighted by Gasteiger charge is -2.13. The van der Waals surface area contributed by atoms with Crippen LogP contribution in [0.2, 0.25) is 0 Å². The van der Waals surface area contributed by atoms with Gasteiger partial charge in [-0.3, -0.25) is 4.79 Å². The van der Waals surface area contributed by atoms with E-state index in [9.17, 15) is 9.18 Å². The molecule has 0 saturated heterocycles. The second-order valence-electron chi connectivity index (χ2n) is 4.36. The van der Waals surface area contributed by atoms with Crippen molar-refractivity contribution in [3.05, 3.63) is 52.0 Å². The van der Waals surface area contributed by atoms with Gasteiger partial charge in [-0.15, -0.1) is 11.3 Å². The van der Waals surface area contributed by atoms with Gasteiger partial charge in [0.15, 0.2) is 0 Å². The molecule has 1 aromatic carbocycles. The molecule has 4 nitrogen and oxygen atoms in total. The van der Waals surface area contributed by atoms with E-state index >= 15 is 0 Å². The standard InChI is InChI=1S/C13H13BFNO3S/c1-8(9-2-4-11(15)5-3-9)16-13(17)12-6-10(7-20-12)14(18)19/h2-8,18-19H,1H3,(H,16,17). The van der Waals surface area contributed by atoms with E-state index in [0.717, 1.165) is 16.9 Å². The lowest BCUT2D eigenvalue weighted by Crippen LogP contribution is -2.29. The Morgan fingerprint density at radius 3 is 2.55 bits per heavy atom. The van der Waals surface area contributed by atoms with Crippen LogP contribution in [0, 0.1) is 5.82 Å². The summed E-state index contributed by atoms with van der Waals surface area (Å²) in [4.78, 5) is 12.4. The zero-order chi connectivity index (χ0) is 14.7. The predicted molar refractivity (Wildman–Crippen MR) is 76.4 cm³/mol. The van der Waals surface area contributed by atoms with E-state index in [-0.39, 0.29) is 23.2 Å². The van der Waals surface area contributed by atoms with Crippen LogP contribution in [0.25, 0.3) is 0 Å². The summed E-state index contributed by atoms with van der Waals surface area (Å²) in [6.07, 6.45) is 0. The van der Waals surface area contributed by atoms with Crippen molar-refractivity contribution >= 4 is 29.8 Å². The van der Waals surface area contributed by atoms with Gasteiger partial charge in [-0.1, -0.05) is 12.1 Å². The quantitative estimate of drug-likeness (QED) is 0.738. The van der Waals surface area contributed by atoms with Crippen LogP contribution in [0.1, 0.15) is 28.2 Å². The summed E-state index contributed by atoms with van der Waals surface area (Å²) in [5.74, 6) is -0.633. The average molecular weight is 293 g/mol. The SMILES string of the molecule is CC(NC(=O)c1cc(B(O)O)cs1)c1ccc(F)cc1. The first kappa shape index (κ1) is 14.7. The Hall–Kier alpha value is -1.70. The highest BCUT2D eigenvalue weighted by Gasteiger charge is 2.18. The topological polar surface area (TPSA) is 69.6 Å². The van der Waals surface area contributed by atoms with Gasteiger partial charge in [0, 0.05) is 0 Å². The zero-order valence-corrected chi connectivity index (χ0v) is 11.5. The zero-order valence-electron chi connectivity index (χ0n) is 10.7. The van der Waals surface area contributed by atoms with E-state index < -0.39 is 7.12 Å². The van der Waals surface area contributed by atoms with Crippen LogP contribution in [0.5, 0.6) is 0 Å². The van der Waals surface area contributed by atoms with Crippen LogP contribution >= 0.6 is 11.3 Å². The lowest BCUT2D eigenvalue weighted by atomic mass is 9.83. The fourth-order valence-electron chi connectivity index (χ4n) is 1.71. The minimum Gasteiger partial charge on any atom is -0.423 e. The average Bonchev–Trinajstić information content (AvgIpc) is 2.89. The minimum absolute atomic E-state index is 0.271. The number of carbonyl (C=O) groups is 1. The number of carbonyl (C=O) groups excluding carboxylic acids is 1. The van der Waals surface area contributed by atoms with Gasteiger partial charge >= 0.3 is 7.12 Å². The third-order valence-corrected chi connectivity index (χ3v) is 3.81. The second-order valence-corrected chi connectivity index (χ2v) is 5.28. The number of halogens is 1. The molecule has 0 fully saturated rings. The Bertz CT molecular complexity index is 600. The molecule has 3 N–H and O–H groups in total. The Morgan fingerprint density at radius 2 is 2.00 bits per heavy atom. The molecule has 0 aliphatic carbocycles. The molecule has 0 radical (unpaired) electrons. The molecule has 104 valence electrons. The van der Waals surface area contributed by atoms with Crippen LogP contribution in [-0.4, -0.2) is 23.1 Å². The fraction of sp³-hybridized carbons (Fsp3) is 0.154. The van der Waals surface area contributed by atoms with E-state index in [2.05, 4.69) is 5.32 Å². The molecule has 1 unspecified atom stereocenters. The van der Waals surface area contributed by atoms with Crippen molar-refractivity contribution in [2.45, 2.75) is 13.0 Å². The smallest absolute Gasteiger partial charge is 0.423 e. The fourth-order valence-corrected chi connectivity index (χ4v) is 2.53. The van der Waals surface area contributed by atoms with Gasteiger partial charge < -0.3 is 15.4 Å². The van der Waals surface area contributed by atoms with E-state index in [1.54, 1.807) is 19.1 Å². The molecular formula is C13H13BFNO3S. The van der Waals surface area contributed by atoms with Crippen molar-refractivity contribution in [3.8, 4) is 0 Å². The van der Waals surface area contributed by atoms with Crippen LogP contribution in [-0.2, 0) is 0 Å². The highest BCUT2D eigenvalue weighted by Crippen LogP contribution is 2.15. The normalized spacial score (nSPS) is 12.0. The van der Waals surface area contributed by atoms with Gasteiger partial charge in [-0.05, 0) is 41.5 Å². The lowest BCUT2D eigenvalue weighted by molar-refractivity contribution is 0.0944. The molecule has 0 bridgehead atoms. The predicted octanol–water partition coefficient (Wildman–Crippen LogP) is 1.06. The van der Waals surface area contributed by atoms with E-state index in [4.69, 9.17) is 10.0 Å². The first-order valence-corrected chi connectivity index (χ1v) is 6.86. The summed E-state index contributed by atoms with van der Waals surface area (Å²) in [7, 11) is -1.58. The molecule has 0 spiro atoms. The highest BCUT2D eigenvalue weighted by atomic mass is 32.1. The molecule has 0 saturated carbocycles. The van der Waals surface area contributed by atoms with Crippen molar-refractivity contribution in [2.24, 2.45) is 0 Å². The minimum atomic E-state index is -1.58. The molecule has 1 heterocycles. The molecule has 2 aromatic rings. The van der Waals surface area contributed by atoms with E-state index in [1.807, 2.05) is 0 Å². The van der Waals surface area contributed by atoms with E-state index in [1.165, 1.54) is 23.6 Å². The first-order chi connectivity index (χ1) is 9.47. The first-order valence-electron chi connectivity index (χ1n) is 5.98. The maximum Gasteiger partial charge on any atom is 0.489 e. The maximum atomic E-state index is 12.8. The van der Waals surface area contributed by atoms with E-state index in [0.29, 0.717) is 4.88 Å². The van der Waals surface area contributed by atoms with Gasteiger partial charge in [0.2, 0.25) is 0 Å². The number of amides is 1. The third kappa shape index (κ3) is 3.44. The summed E-state index contributed by atoms with van der Waals surface area (Å²) >= 11 is 1.13. The molecule has 7 heteroatoms. The van der Waals surface area contributed by atoms with Crippen molar-refractivity contribution in [2.75, 3.05) is 0 Å². The summed E-state index contributed by atoms with van der Waals surface area (Å²) < 4.78 is 12.8. The van der Waals surface area contributed by atoms with Gasteiger partial charge in [-0.2, -0.15) is 0 Å². The Morgan fingerprint density at radius 1 is 1.35 bits per heavy atom. The number of hydrogen-bond acceptors (Lipinski definition) is 4. The summed E-state index contributed by atoms with van der Waals surface area (Å²) in [5, 5.41) is 22.3. The molecule has 0 aliphatic rings. The van der Waals surface area contributed by atoms with Gasteiger partial charge in [-0.25, -0.2) is 4.39 Å². The number of benzene rings is 1. The summed E-state index contributed by atoms with van der Waals surface area (Å²) in [5.41, 5.74) is 1.08.